The average molecular weight is 289 g/mol. The Balaban J connectivity index is 2.36. The summed E-state index contributed by atoms with van der Waals surface area (Å²) >= 11 is 6.01. The number of amidine groups is 1. The summed E-state index contributed by atoms with van der Waals surface area (Å²) in [7, 11) is 0. The molecule has 2 aromatic rings. The van der Waals surface area contributed by atoms with Crippen molar-refractivity contribution in [2.75, 3.05) is 0 Å². The first-order valence-corrected chi connectivity index (χ1v) is 6.66. The van der Waals surface area contributed by atoms with Crippen LogP contribution in [-0.4, -0.2) is 5.84 Å². The molecule has 104 valence electrons. The predicted octanol–water partition coefficient (Wildman–Crippen LogP) is 4.34. The predicted molar refractivity (Wildman–Crippen MR) is 83.2 cm³/mol. The number of ether oxygens (including phenoxy) is 1. The molecule has 2 rings (SSSR count). The van der Waals surface area contributed by atoms with Gasteiger partial charge in [-0.1, -0.05) is 11.6 Å². The molecule has 20 heavy (non-hydrogen) atoms. The van der Waals surface area contributed by atoms with E-state index < -0.39 is 0 Å². The lowest BCUT2D eigenvalue weighted by Crippen LogP contribution is -2.12. The smallest absolute Gasteiger partial charge is 0.133 e. The lowest BCUT2D eigenvalue weighted by atomic mass is 10.1. The number of nitrogen functional groups attached to an aromatic ring is 1. The van der Waals surface area contributed by atoms with E-state index in [-0.39, 0.29) is 5.84 Å². The maximum Gasteiger partial charge on any atom is 0.133 e. The van der Waals surface area contributed by atoms with Gasteiger partial charge in [-0.3, -0.25) is 5.41 Å². The Bertz CT molecular complexity index is 657. The Morgan fingerprint density at radius 1 is 1.05 bits per heavy atom. The van der Waals surface area contributed by atoms with E-state index in [1.165, 1.54) is 0 Å². The van der Waals surface area contributed by atoms with Crippen LogP contribution in [0.3, 0.4) is 0 Å². The molecule has 0 aliphatic rings. The third-order valence-electron chi connectivity index (χ3n) is 3.13. The molecule has 0 spiro atoms. The standard InChI is InChI=1S/C16H17ClN2O/c1-9-8-13(4-5-14(9)16(18)19)20-15-10(2)6-12(17)7-11(15)3/h4-8H,1-3H3,(H3,18,19). The van der Waals surface area contributed by atoms with E-state index in [9.17, 15) is 0 Å². The first-order chi connectivity index (χ1) is 9.38. The molecule has 0 aliphatic carbocycles. The molecule has 0 heterocycles. The fourth-order valence-electron chi connectivity index (χ4n) is 2.18. The minimum absolute atomic E-state index is 0.0629. The van der Waals surface area contributed by atoms with Crippen molar-refractivity contribution < 1.29 is 4.74 Å². The Morgan fingerprint density at radius 3 is 2.15 bits per heavy atom. The Hall–Kier alpha value is -2.00. The number of rotatable bonds is 3. The number of nitrogens with one attached hydrogen (secondary N) is 1. The molecule has 3 nitrogen and oxygen atoms in total. The molecule has 0 atom stereocenters. The Kier molecular flexibility index (Phi) is 4.00. The van der Waals surface area contributed by atoms with Gasteiger partial charge in [0.05, 0.1) is 0 Å². The zero-order chi connectivity index (χ0) is 14.9. The Morgan fingerprint density at radius 2 is 1.65 bits per heavy atom. The van der Waals surface area contributed by atoms with E-state index in [1.54, 1.807) is 6.07 Å². The van der Waals surface area contributed by atoms with Crippen molar-refractivity contribution >= 4 is 17.4 Å². The largest absolute Gasteiger partial charge is 0.457 e. The van der Waals surface area contributed by atoms with Gasteiger partial charge in [-0.25, -0.2) is 0 Å². The number of halogens is 1. The highest BCUT2D eigenvalue weighted by Crippen LogP contribution is 2.32. The summed E-state index contributed by atoms with van der Waals surface area (Å²) in [5, 5.41) is 8.19. The molecule has 0 aliphatic heterocycles. The van der Waals surface area contributed by atoms with E-state index in [0.717, 1.165) is 33.8 Å². The average Bonchev–Trinajstić information content (AvgIpc) is 2.33. The summed E-state index contributed by atoms with van der Waals surface area (Å²) in [6.45, 7) is 5.83. The van der Waals surface area contributed by atoms with Gasteiger partial charge in [0.15, 0.2) is 0 Å². The van der Waals surface area contributed by atoms with E-state index >= 15 is 0 Å². The fraction of sp³-hybridized carbons (Fsp3) is 0.188. The second-order valence-corrected chi connectivity index (χ2v) is 5.30. The second kappa shape index (κ2) is 5.55. The number of hydrogen-bond donors (Lipinski definition) is 2. The maximum absolute atomic E-state index is 7.48. The van der Waals surface area contributed by atoms with Crippen molar-refractivity contribution in [1.82, 2.24) is 0 Å². The highest BCUT2D eigenvalue weighted by atomic mass is 35.5. The lowest BCUT2D eigenvalue weighted by molar-refractivity contribution is 0.474. The summed E-state index contributed by atoms with van der Waals surface area (Å²) in [6.07, 6.45) is 0. The van der Waals surface area contributed by atoms with Gasteiger partial charge < -0.3 is 10.5 Å². The van der Waals surface area contributed by atoms with Crippen molar-refractivity contribution in [2.45, 2.75) is 20.8 Å². The summed E-state index contributed by atoms with van der Waals surface area (Å²) in [6, 6.07) is 9.25. The van der Waals surface area contributed by atoms with Crippen LogP contribution in [0.25, 0.3) is 0 Å². The van der Waals surface area contributed by atoms with E-state index in [2.05, 4.69) is 0 Å². The number of aryl methyl sites for hydroxylation is 3. The van der Waals surface area contributed by atoms with Gasteiger partial charge in [-0.15, -0.1) is 0 Å². The highest BCUT2D eigenvalue weighted by Gasteiger charge is 2.09. The van der Waals surface area contributed by atoms with E-state index in [0.29, 0.717) is 5.02 Å². The van der Waals surface area contributed by atoms with Crippen LogP contribution in [0.1, 0.15) is 22.3 Å². The van der Waals surface area contributed by atoms with Crippen LogP contribution in [0.2, 0.25) is 5.02 Å². The molecule has 0 aromatic heterocycles. The number of hydrogen-bond acceptors (Lipinski definition) is 2. The molecule has 3 N–H and O–H groups in total. The van der Waals surface area contributed by atoms with Gasteiger partial charge >= 0.3 is 0 Å². The fourth-order valence-corrected chi connectivity index (χ4v) is 2.51. The van der Waals surface area contributed by atoms with Gasteiger partial charge in [-0.2, -0.15) is 0 Å². The first kappa shape index (κ1) is 14.4. The van der Waals surface area contributed by atoms with E-state index in [4.69, 9.17) is 27.5 Å². The molecule has 0 amide bonds. The van der Waals surface area contributed by atoms with Crippen LogP contribution in [0.15, 0.2) is 30.3 Å². The van der Waals surface area contributed by atoms with Gasteiger partial charge in [0.1, 0.15) is 17.3 Å². The second-order valence-electron chi connectivity index (χ2n) is 4.86. The molecule has 0 saturated heterocycles. The van der Waals surface area contributed by atoms with Crippen LogP contribution in [0, 0.1) is 26.2 Å². The van der Waals surface area contributed by atoms with E-state index in [1.807, 2.05) is 45.0 Å². The zero-order valence-electron chi connectivity index (χ0n) is 11.8. The zero-order valence-corrected chi connectivity index (χ0v) is 12.5. The number of benzene rings is 2. The number of nitrogens with two attached hydrogens (primary N) is 1. The van der Waals surface area contributed by atoms with Crippen LogP contribution in [0.5, 0.6) is 11.5 Å². The quantitative estimate of drug-likeness (QED) is 0.652. The van der Waals surface area contributed by atoms with Crippen molar-refractivity contribution in [2.24, 2.45) is 5.73 Å². The molecule has 0 radical (unpaired) electrons. The van der Waals surface area contributed by atoms with Crippen molar-refractivity contribution in [3.63, 3.8) is 0 Å². The lowest BCUT2D eigenvalue weighted by Gasteiger charge is -2.13. The molecule has 2 aromatic carbocycles. The third-order valence-corrected chi connectivity index (χ3v) is 3.35. The summed E-state index contributed by atoms with van der Waals surface area (Å²) in [5.41, 5.74) is 9.13. The molecule has 4 heteroatoms. The van der Waals surface area contributed by atoms with Crippen LogP contribution in [-0.2, 0) is 0 Å². The monoisotopic (exact) mass is 288 g/mol. The molecule has 0 bridgehead atoms. The Labute approximate surface area is 123 Å². The van der Waals surface area contributed by atoms with Crippen molar-refractivity contribution in [1.29, 1.82) is 5.41 Å². The first-order valence-electron chi connectivity index (χ1n) is 6.28. The normalized spacial score (nSPS) is 10.4. The minimum atomic E-state index is 0.0629. The van der Waals surface area contributed by atoms with Crippen molar-refractivity contribution in [3.05, 3.63) is 57.6 Å². The molecule has 0 unspecified atom stereocenters. The molecular formula is C16H17ClN2O. The van der Waals surface area contributed by atoms with Crippen molar-refractivity contribution in [3.8, 4) is 11.5 Å². The van der Waals surface area contributed by atoms with Crippen LogP contribution in [0.4, 0.5) is 0 Å². The molecule has 0 fully saturated rings. The molecular weight excluding hydrogens is 272 g/mol. The van der Waals surface area contributed by atoms with Gasteiger partial charge in [0.2, 0.25) is 0 Å². The summed E-state index contributed by atoms with van der Waals surface area (Å²) in [5.74, 6) is 1.60. The molecule has 0 saturated carbocycles. The highest BCUT2D eigenvalue weighted by molar-refractivity contribution is 6.30. The summed E-state index contributed by atoms with van der Waals surface area (Å²) < 4.78 is 5.94. The maximum atomic E-state index is 7.48. The van der Waals surface area contributed by atoms with Gasteiger partial charge in [0.25, 0.3) is 0 Å². The van der Waals surface area contributed by atoms with Gasteiger partial charge in [0, 0.05) is 10.6 Å². The SMILES string of the molecule is Cc1cc(Oc2c(C)cc(Cl)cc2C)ccc1C(=N)N. The van der Waals surface area contributed by atoms with Gasteiger partial charge in [-0.05, 0) is 67.8 Å². The van der Waals surface area contributed by atoms with Crippen LogP contribution >= 0.6 is 11.6 Å². The third kappa shape index (κ3) is 2.94. The summed E-state index contributed by atoms with van der Waals surface area (Å²) in [4.78, 5) is 0. The topological polar surface area (TPSA) is 59.1 Å². The minimum Gasteiger partial charge on any atom is -0.457 e. The van der Waals surface area contributed by atoms with Crippen LogP contribution < -0.4 is 10.5 Å².